The molecule has 0 spiro atoms. The number of aliphatic hydroxyl groups is 1. The first kappa shape index (κ1) is 18.0. The second-order valence-electron chi connectivity index (χ2n) is 6.48. The highest BCUT2D eigenvalue weighted by Crippen LogP contribution is 2.31. The molecule has 1 aliphatic heterocycles. The van der Waals surface area contributed by atoms with Crippen molar-refractivity contribution in [1.82, 2.24) is 20.2 Å². The summed E-state index contributed by atoms with van der Waals surface area (Å²) in [5, 5.41) is 15.8. The van der Waals surface area contributed by atoms with Crippen LogP contribution in [0.1, 0.15) is 17.2 Å². The van der Waals surface area contributed by atoms with Gasteiger partial charge in [0, 0.05) is 24.5 Å². The van der Waals surface area contributed by atoms with Gasteiger partial charge >= 0.3 is 6.03 Å². The molecule has 0 saturated heterocycles. The number of imidazole rings is 1. The Morgan fingerprint density at radius 2 is 2.18 bits per heavy atom. The molecule has 2 heterocycles. The molecule has 0 bridgehead atoms. The number of hydrogen-bond donors (Lipinski definition) is 3. The number of para-hydroxylation sites is 1. The summed E-state index contributed by atoms with van der Waals surface area (Å²) in [6, 6.07) is 10.8. The van der Waals surface area contributed by atoms with Crippen molar-refractivity contribution in [3.05, 3.63) is 78.1 Å². The number of carbonyl (C=O) groups is 1. The van der Waals surface area contributed by atoms with Crippen LogP contribution in [0.3, 0.4) is 0 Å². The van der Waals surface area contributed by atoms with Gasteiger partial charge in [-0.05, 0) is 23.8 Å². The van der Waals surface area contributed by atoms with Crippen molar-refractivity contribution in [3.8, 4) is 11.4 Å². The minimum atomic E-state index is -0.859. The molecule has 3 aromatic rings. The number of nitrogens with one attached hydrogen (secondary N) is 2. The van der Waals surface area contributed by atoms with E-state index in [0.29, 0.717) is 22.6 Å². The topological polar surface area (TPSA) is 88.4 Å². The lowest BCUT2D eigenvalue weighted by molar-refractivity contribution is 0.0774. The van der Waals surface area contributed by atoms with Gasteiger partial charge in [0.1, 0.15) is 24.3 Å². The quantitative estimate of drug-likeness (QED) is 0.646. The molecule has 2 aromatic carbocycles. The van der Waals surface area contributed by atoms with E-state index in [0.717, 1.165) is 0 Å². The van der Waals surface area contributed by atoms with E-state index in [4.69, 9.17) is 4.74 Å². The molecular weight excluding hydrogens is 363 g/mol. The van der Waals surface area contributed by atoms with Crippen molar-refractivity contribution in [2.24, 2.45) is 0 Å². The van der Waals surface area contributed by atoms with Gasteiger partial charge in [-0.2, -0.15) is 0 Å². The van der Waals surface area contributed by atoms with Crippen LogP contribution in [0.2, 0.25) is 0 Å². The molecule has 0 radical (unpaired) electrons. The average Bonchev–Trinajstić information content (AvgIpc) is 3.23. The summed E-state index contributed by atoms with van der Waals surface area (Å²) in [5.74, 6) is 0.201. The highest BCUT2D eigenvalue weighted by Gasteiger charge is 2.30. The van der Waals surface area contributed by atoms with Crippen LogP contribution in [-0.2, 0) is 6.54 Å². The van der Waals surface area contributed by atoms with E-state index in [1.54, 1.807) is 47.3 Å². The molecule has 144 valence electrons. The molecule has 0 saturated carbocycles. The van der Waals surface area contributed by atoms with Crippen LogP contribution in [0.25, 0.3) is 5.69 Å². The highest BCUT2D eigenvalue weighted by molar-refractivity contribution is 5.74. The largest absolute Gasteiger partial charge is 0.491 e. The van der Waals surface area contributed by atoms with Gasteiger partial charge in [-0.15, -0.1) is 0 Å². The van der Waals surface area contributed by atoms with Gasteiger partial charge in [0.15, 0.2) is 0 Å². The highest BCUT2D eigenvalue weighted by atomic mass is 19.1. The molecule has 3 N–H and O–H groups in total. The average molecular weight is 382 g/mol. The molecule has 1 aliphatic rings. The molecule has 8 heteroatoms. The van der Waals surface area contributed by atoms with Crippen LogP contribution in [0.4, 0.5) is 9.18 Å². The van der Waals surface area contributed by atoms with Gasteiger partial charge in [-0.1, -0.05) is 24.3 Å². The Bertz CT molecular complexity index is 977. The first-order valence-electron chi connectivity index (χ1n) is 8.83. The lowest BCUT2D eigenvalue weighted by Crippen LogP contribution is -2.49. The molecule has 0 aliphatic carbocycles. The summed E-state index contributed by atoms with van der Waals surface area (Å²) in [6.07, 6.45) is 3.88. The Hall–Kier alpha value is -3.39. The van der Waals surface area contributed by atoms with Crippen LogP contribution in [0.15, 0.2) is 61.2 Å². The molecule has 0 fully saturated rings. The van der Waals surface area contributed by atoms with Gasteiger partial charge in [-0.25, -0.2) is 14.2 Å². The zero-order valence-electron chi connectivity index (χ0n) is 14.9. The van der Waals surface area contributed by atoms with Crippen molar-refractivity contribution < 1.29 is 19.0 Å². The number of hydrogen-bond acceptors (Lipinski definition) is 4. The van der Waals surface area contributed by atoms with Gasteiger partial charge in [0.25, 0.3) is 0 Å². The van der Waals surface area contributed by atoms with Crippen molar-refractivity contribution >= 4 is 6.03 Å². The first-order valence-corrected chi connectivity index (χ1v) is 8.83. The van der Waals surface area contributed by atoms with Crippen LogP contribution < -0.4 is 15.4 Å². The van der Waals surface area contributed by atoms with E-state index >= 15 is 0 Å². The fourth-order valence-electron chi connectivity index (χ4n) is 3.14. The van der Waals surface area contributed by atoms with Gasteiger partial charge in [0.05, 0.1) is 18.1 Å². The first-order chi connectivity index (χ1) is 13.6. The van der Waals surface area contributed by atoms with E-state index < -0.39 is 24.0 Å². The Labute approximate surface area is 160 Å². The Kier molecular flexibility index (Phi) is 4.94. The summed E-state index contributed by atoms with van der Waals surface area (Å²) >= 11 is 0. The second kappa shape index (κ2) is 7.69. The van der Waals surface area contributed by atoms with Crippen molar-refractivity contribution in [2.45, 2.75) is 18.7 Å². The molecule has 2 amide bonds. The SMILES string of the molecule is O=C(NCc1ccc(-n2ccnc2)c(F)c1)NC1COc2ccccc2C1O. The number of rotatable bonds is 4. The van der Waals surface area contributed by atoms with E-state index in [1.807, 2.05) is 6.07 Å². The number of urea groups is 1. The smallest absolute Gasteiger partial charge is 0.315 e. The zero-order chi connectivity index (χ0) is 19.5. The third-order valence-electron chi connectivity index (χ3n) is 4.60. The number of amides is 2. The standard InChI is InChI=1S/C20H19FN4O3/c21-15-9-13(5-6-17(15)25-8-7-22-12-25)10-23-20(27)24-16-11-28-18-4-2-1-3-14(18)19(16)26/h1-9,12,16,19,26H,10-11H2,(H2,23,24,27). The molecular formula is C20H19FN4O3. The molecule has 2 atom stereocenters. The lowest BCUT2D eigenvalue weighted by atomic mass is 9.99. The van der Waals surface area contributed by atoms with E-state index in [9.17, 15) is 14.3 Å². The number of ether oxygens (including phenoxy) is 1. The summed E-state index contributed by atoms with van der Waals surface area (Å²) in [6.45, 7) is 0.313. The summed E-state index contributed by atoms with van der Waals surface area (Å²) in [5.41, 5.74) is 1.63. The third kappa shape index (κ3) is 3.67. The van der Waals surface area contributed by atoms with Crippen molar-refractivity contribution in [3.63, 3.8) is 0 Å². The predicted molar refractivity (Wildman–Crippen MR) is 99.6 cm³/mol. The molecule has 1 aromatic heterocycles. The number of aromatic nitrogens is 2. The van der Waals surface area contributed by atoms with E-state index in [1.165, 1.54) is 12.4 Å². The number of carbonyl (C=O) groups excluding carboxylic acids is 1. The van der Waals surface area contributed by atoms with Crippen LogP contribution >= 0.6 is 0 Å². The van der Waals surface area contributed by atoms with E-state index in [-0.39, 0.29) is 13.2 Å². The van der Waals surface area contributed by atoms with E-state index in [2.05, 4.69) is 15.6 Å². The van der Waals surface area contributed by atoms with Crippen LogP contribution in [0, 0.1) is 5.82 Å². The van der Waals surface area contributed by atoms with Crippen molar-refractivity contribution in [1.29, 1.82) is 0 Å². The molecule has 4 rings (SSSR count). The Morgan fingerprint density at radius 3 is 2.96 bits per heavy atom. The third-order valence-corrected chi connectivity index (χ3v) is 4.60. The minimum absolute atomic E-state index is 0.146. The Balaban J connectivity index is 1.34. The number of halogens is 1. The number of aliphatic hydroxyl groups excluding tert-OH is 1. The van der Waals surface area contributed by atoms with Gasteiger partial charge < -0.3 is 25.0 Å². The maximum Gasteiger partial charge on any atom is 0.315 e. The number of benzene rings is 2. The maximum absolute atomic E-state index is 14.3. The summed E-state index contributed by atoms with van der Waals surface area (Å²) in [4.78, 5) is 16.1. The van der Waals surface area contributed by atoms with Crippen molar-refractivity contribution in [2.75, 3.05) is 6.61 Å². The lowest BCUT2D eigenvalue weighted by Gasteiger charge is -2.30. The Morgan fingerprint density at radius 1 is 1.32 bits per heavy atom. The van der Waals surface area contributed by atoms with Gasteiger partial charge in [-0.3, -0.25) is 0 Å². The normalized spacial score (nSPS) is 18.1. The fourth-order valence-corrected chi connectivity index (χ4v) is 3.14. The zero-order valence-corrected chi connectivity index (χ0v) is 14.9. The second-order valence-corrected chi connectivity index (χ2v) is 6.48. The molecule has 2 unspecified atom stereocenters. The fraction of sp³-hybridized carbons (Fsp3) is 0.200. The maximum atomic E-state index is 14.3. The van der Waals surface area contributed by atoms with Crippen LogP contribution in [-0.4, -0.2) is 33.3 Å². The predicted octanol–water partition coefficient (Wildman–Crippen LogP) is 2.31. The summed E-state index contributed by atoms with van der Waals surface area (Å²) in [7, 11) is 0. The number of nitrogens with zero attached hydrogens (tertiary/aromatic N) is 2. The van der Waals surface area contributed by atoms with Gasteiger partial charge in [0.2, 0.25) is 0 Å². The summed E-state index contributed by atoms with van der Waals surface area (Å²) < 4.78 is 21.4. The molecule has 28 heavy (non-hydrogen) atoms. The minimum Gasteiger partial charge on any atom is -0.491 e. The van der Waals surface area contributed by atoms with Crippen LogP contribution in [0.5, 0.6) is 5.75 Å². The monoisotopic (exact) mass is 382 g/mol. The number of fused-ring (bicyclic) bond motifs is 1. The molecule has 7 nitrogen and oxygen atoms in total.